The van der Waals surface area contributed by atoms with Crippen LogP contribution in [0.3, 0.4) is 0 Å². The molecule has 2 N–H and O–H groups in total. The highest BCUT2D eigenvalue weighted by molar-refractivity contribution is 6.62. The normalized spacial score (nSPS) is 27.2. The summed E-state index contributed by atoms with van der Waals surface area (Å²) in [5, 5.41) is 2.74. The molecule has 194 valence electrons. The summed E-state index contributed by atoms with van der Waals surface area (Å²) in [4.78, 5) is 36.1. The van der Waals surface area contributed by atoms with Gasteiger partial charge < -0.3 is 29.2 Å². The van der Waals surface area contributed by atoms with Gasteiger partial charge >= 0.3 is 13.2 Å². The first-order chi connectivity index (χ1) is 16.9. The fourth-order valence-corrected chi connectivity index (χ4v) is 5.83. The number of rotatable bonds is 5. The number of likely N-dealkylation sites (tertiary alicyclic amines) is 1. The summed E-state index contributed by atoms with van der Waals surface area (Å²) in [5.41, 5.74) is 1.83. The molecule has 0 radical (unpaired) electrons. The first-order valence-electron chi connectivity index (χ1n) is 12.9. The molecule has 4 unspecified atom stereocenters. The van der Waals surface area contributed by atoms with Crippen molar-refractivity contribution in [3.8, 4) is 0 Å². The molecule has 2 aromatic rings. The van der Waals surface area contributed by atoms with Gasteiger partial charge in [-0.15, -0.1) is 0 Å². The lowest BCUT2D eigenvalue weighted by Gasteiger charge is -2.37. The van der Waals surface area contributed by atoms with Gasteiger partial charge in [-0.25, -0.2) is 9.78 Å². The van der Waals surface area contributed by atoms with Crippen LogP contribution in [0.2, 0.25) is 0 Å². The van der Waals surface area contributed by atoms with Gasteiger partial charge in [0.1, 0.15) is 11.9 Å². The first-order valence-corrected chi connectivity index (χ1v) is 12.9. The van der Waals surface area contributed by atoms with Crippen LogP contribution in [0.5, 0.6) is 0 Å². The second kappa shape index (κ2) is 8.76. The van der Waals surface area contributed by atoms with Gasteiger partial charge in [0.25, 0.3) is 0 Å². The standard InChI is InChI=1S/C26H37BN4O5/c1-14(2)20(30-24(33)34-7)23(32)31-17-10-8-15(12-17)21(31)22-28-18-11-9-16(13-19(18)29-22)27-35-25(3,4)26(5,6)36-27/h9,11,13-15,17,20-21H,8,10,12H2,1-7H3,(H,28,29)(H,30,33). The molecule has 36 heavy (non-hydrogen) atoms. The Bertz CT molecular complexity index is 1160. The molecule has 3 aliphatic rings. The Morgan fingerprint density at radius 1 is 1.19 bits per heavy atom. The van der Waals surface area contributed by atoms with E-state index >= 15 is 0 Å². The number of benzene rings is 1. The Balaban J connectivity index is 1.44. The lowest BCUT2D eigenvalue weighted by molar-refractivity contribution is -0.139. The number of nitrogens with one attached hydrogen (secondary N) is 2. The van der Waals surface area contributed by atoms with Crippen molar-refractivity contribution in [2.24, 2.45) is 11.8 Å². The van der Waals surface area contributed by atoms with E-state index < -0.39 is 30.5 Å². The molecular weight excluding hydrogens is 459 g/mol. The van der Waals surface area contributed by atoms with Gasteiger partial charge in [0.2, 0.25) is 5.91 Å². The van der Waals surface area contributed by atoms with Gasteiger partial charge in [-0.05, 0) is 76.4 Å². The lowest BCUT2D eigenvalue weighted by Crippen LogP contribution is -2.54. The minimum Gasteiger partial charge on any atom is -0.453 e. The van der Waals surface area contributed by atoms with E-state index in [0.717, 1.165) is 41.6 Å². The van der Waals surface area contributed by atoms with E-state index in [1.54, 1.807) is 0 Å². The summed E-state index contributed by atoms with van der Waals surface area (Å²) in [6.45, 7) is 12.0. The molecular formula is C26H37BN4O5. The number of alkyl carbamates (subject to hydrolysis) is 1. The zero-order valence-electron chi connectivity index (χ0n) is 22.3. The maximum atomic E-state index is 13.8. The van der Waals surface area contributed by atoms with E-state index in [1.807, 2.05) is 64.6 Å². The highest BCUT2D eigenvalue weighted by Gasteiger charge is 2.53. The highest BCUT2D eigenvalue weighted by atomic mass is 16.7. The van der Waals surface area contributed by atoms with Crippen LogP contribution in [0.1, 0.15) is 72.7 Å². The molecule has 5 rings (SSSR count). The molecule has 2 amide bonds. The molecule has 2 bridgehead atoms. The maximum Gasteiger partial charge on any atom is 0.494 e. The van der Waals surface area contributed by atoms with Crippen molar-refractivity contribution in [2.45, 2.75) is 90.1 Å². The number of carbonyl (C=O) groups excluding carboxylic acids is 2. The molecule has 1 aromatic carbocycles. The van der Waals surface area contributed by atoms with Gasteiger partial charge in [0, 0.05) is 6.04 Å². The number of carbonyl (C=O) groups is 2. The van der Waals surface area contributed by atoms with E-state index in [4.69, 9.17) is 19.0 Å². The summed E-state index contributed by atoms with van der Waals surface area (Å²) in [7, 11) is 0.854. The third-order valence-electron chi connectivity index (χ3n) is 8.56. The van der Waals surface area contributed by atoms with Crippen LogP contribution in [0, 0.1) is 11.8 Å². The number of hydrogen-bond acceptors (Lipinski definition) is 6. The van der Waals surface area contributed by atoms with E-state index in [1.165, 1.54) is 7.11 Å². The molecule has 1 aliphatic carbocycles. The first kappa shape index (κ1) is 25.1. The van der Waals surface area contributed by atoms with Crippen molar-refractivity contribution < 1.29 is 23.6 Å². The minimum atomic E-state index is -0.654. The molecule has 2 aliphatic heterocycles. The third-order valence-corrected chi connectivity index (χ3v) is 8.56. The zero-order chi connectivity index (χ0) is 26.0. The second-order valence-corrected chi connectivity index (χ2v) is 11.8. The van der Waals surface area contributed by atoms with Crippen LogP contribution in [-0.4, -0.2) is 64.4 Å². The van der Waals surface area contributed by atoms with E-state index in [9.17, 15) is 9.59 Å². The number of hydrogen-bond donors (Lipinski definition) is 2. The third kappa shape index (κ3) is 4.08. The van der Waals surface area contributed by atoms with Crippen LogP contribution in [0.4, 0.5) is 4.79 Å². The molecule has 0 spiro atoms. The number of fused-ring (bicyclic) bond motifs is 3. The number of amides is 2. The molecule has 3 heterocycles. The van der Waals surface area contributed by atoms with E-state index in [2.05, 4.69) is 10.3 Å². The second-order valence-electron chi connectivity index (χ2n) is 11.8. The summed E-state index contributed by atoms with van der Waals surface area (Å²) in [6.07, 6.45) is 2.39. The topological polar surface area (TPSA) is 106 Å². The molecule has 1 aromatic heterocycles. The molecule has 4 atom stereocenters. The quantitative estimate of drug-likeness (QED) is 0.616. The number of piperidine rings is 1. The number of nitrogens with zero attached hydrogens (tertiary/aromatic N) is 2. The molecule has 10 heteroatoms. The van der Waals surface area contributed by atoms with Crippen molar-refractivity contribution in [3.63, 3.8) is 0 Å². The van der Waals surface area contributed by atoms with Gasteiger partial charge in [0.05, 0.1) is 35.4 Å². The summed E-state index contributed by atoms with van der Waals surface area (Å²) < 4.78 is 17.2. The zero-order valence-corrected chi connectivity index (χ0v) is 22.3. The number of imidazole rings is 1. The fourth-order valence-electron chi connectivity index (χ4n) is 5.83. The Morgan fingerprint density at radius 3 is 2.53 bits per heavy atom. The van der Waals surface area contributed by atoms with Gasteiger partial charge in [-0.3, -0.25) is 4.79 Å². The average Bonchev–Trinajstić information content (AvgIpc) is 3.57. The van der Waals surface area contributed by atoms with Crippen LogP contribution in [0.25, 0.3) is 11.0 Å². The summed E-state index contributed by atoms with van der Waals surface area (Å²) in [5.74, 6) is 0.977. The van der Waals surface area contributed by atoms with Crippen LogP contribution in [-0.2, 0) is 18.8 Å². The molecule has 2 saturated heterocycles. The lowest BCUT2D eigenvalue weighted by atomic mass is 9.79. The van der Waals surface area contributed by atoms with Crippen LogP contribution < -0.4 is 10.8 Å². The SMILES string of the molecule is COC(=O)NC(C(=O)N1C2CCC(C2)C1c1nc2ccc(B3OC(C)(C)C(C)(C)O3)cc2[nH]1)C(C)C. The predicted octanol–water partition coefficient (Wildman–Crippen LogP) is 3.29. The van der Waals surface area contributed by atoms with Crippen molar-refractivity contribution in [3.05, 3.63) is 24.0 Å². The highest BCUT2D eigenvalue weighted by Crippen LogP contribution is 2.50. The summed E-state index contributed by atoms with van der Waals surface area (Å²) in [6, 6.07) is 5.35. The maximum absolute atomic E-state index is 13.8. The smallest absolute Gasteiger partial charge is 0.453 e. The molecule has 9 nitrogen and oxygen atoms in total. The number of H-pyrrole nitrogens is 1. The summed E-state index contributed by atoms with van der Waals surface area (Å²) >= 11 is 0. The Morgan fingerprint density at radius 2 is 1.89 bits per heavy atom. The van der Waals surface area contributed by atoms with Crippen molar-refractivity contribution >= 4 is 35.6 Å². The minimum absolute atomic E-state index is 0.0745. The number of aromatic nitrogens is 2. The Hall–Kier alpha value is -2.59. The van der Waals surface area contributed by atoms with Gasteiger partial charge in [-0.2, -0.15) is 0 Å². The number of methoxy groups -OCH3 is 1. The van der Waals surface area contributed by atoms with E-state index in [0.29, 0.717) is 5.92 Å². The van der Waals surface area contributed by atoms with E-state index in [-0.39, 0.29) is 23.9 Å². The largest absolute Gasteiger partial charge is 0.494 e. The molecule has 1 saturated carbocycles. The van der Waals surface area contributed by atoms with Crippen molar-refractivity contribution in [2.75, 3.05) is 7.11 Å². The van der Waals surface area contributed by atoms with Crippen molar-refractivity contribution in [1.82, 2.24) is 20.2 Å². The number of aromatic amines is 1. The van der Waals surface area contributed by atoms with Gasteiger partial charge in [-0.1, -0.05) is 19.9 Å². The van der Waals surface area contributed by atoms with Crippen molar-refractivity contribution in [1.29, 1.82) is 0 Å². The Kier molecular flexibility index (Phi) is 6.11. The van der Waals surface area contributed by atoms with Gasteiger partial charge in [0.15, 0.2) is 0 Å². The predicted molar refractivity (Wildman–Crippen MR) is 137 cm³/mol. The monoisotopic (exact) mass is 496 g/mol. The molecule has 3 fully saturated rings. The number of ether oxygens (including phenoxy) is 1. The fraction of sp³-hybridized carbons (Fsp3) is 0.654. The Labute approximate surface area is 212 Å². The van der Waals surface area contributed by atoms with Crippen LogP contribution >= 0.6 is 0 Å². The average molecular weight is 496 g/mol. The van der Waals surface area contributed by atoms with Crippen LogP contribution in [0.15, 0.2) is 18.2 Å².